The first-order valence-electron chi connectivity index (χ1n) is 3.92. The highest BCUT2D eigenvalue weighted by atomic mass is 16.6. The predicted octanol–water partition coefficient (Wildman–Crippen LogP) is 0.590. The van der Waals surface area contributed by atoms with Gasteiger partial charge >= 0.3 is 17.6 Å². The van der Waals surface area contributed by atoms with Gasteiger partial charge in [-0.15, -0.1) is 0 Å². The van der Waals surface area contributed by atoms with Gasteiger partial charge in [0, 0.05) is 0 Å². The van der Waals surface area contributed by atoms with Gasteiger partial charge in [0.05, 0.1) is 18.1 Å². The quantitative estimate of drug-likeness (QED) is 0.232. The number of carbonyl (C=O) groups is 1. The Kier molecular flexibility index (Phi) is 5.05. The smallest absolute Gasteiger partial charge is 0.432 e. The molecule has 0 aromatic heterocycles. The van der Waals surface area contributed by atoms with E-state index in [0.717, 1.165) is 0 Å². The maximum Gasteiger partial charge on any atom is 0.432 e. The Bertz CT molecular complexity index is 259. The highest BCUT2D eigenvalue weighted by molar-refractivity contribution is 5.85. The summed E-state index contributed by atoms with van der Waals surface area (Å²) >= 11 is 0. The molecule has 14 heavy (non-hydrogen) atoms. The van der Waals surface area contributed by atoms with Crippen molar-refractivity contribution in [3.05, 3.63) is 21.8 Å². The van der Waals surface area contributed by atoms with Crippen LogP contribution in [0.1, 0.15) is 13.8 Å². The van der Waals surface area contributed by atoms with Gasteiger partial charge in [-0.25, -0.2) is 4.79 Å². The number of nitrogens with zero attached hydrogens (tertiary/aromatic N) is 1. The van der Waals surface area contributed by atoms with Gasteiger partial charge in [0.25, 0.3) is 0 Å². The molecule has 0 aliphatic carbocycles. The highest BCUT2D eigenvalue weighted by Gasteiger charge is 2.31. The first kappa shape index (κ1) is 12.2. The highest BCUT2D eigenvalue weighted by Crippen LogP contribution is 2.06. The lowest BCUT2D eigenvalue weighted by Gasteiger charge is -2.02. The van der Waals surface area contributed by atoms with E-state index < -0.39 is 22.5 Å². The Labute approximate surface area is 80.1 Å². The van der Waals surface area contributed by atoms with Crippen LogP contribution in [0, 0.1) is 10.1 Å². The summed E-state index contributed by atoms with van der Waals surface area (Å²) in [7, 11) is 0. The van der Waals surface area contributed by atoms with Crippen LogP contribution in [0.25, 0.3) is 0 Å². The molecule has 0 aliphatic heterocycles. The minimum atomic E-state index is -1.22. The van der Waals surface area contributed by atoms with Gasteiger partial charge in [-0.05, 0) is 13.8 Å². The average Bonchev–Trinajstić information content (AvgIpc) is 2.04. The third-order valence-corrected chi connectivity index (χ3v) is 1.13. The summed E-state index contributed by atoms with van der Waals surface area (Å²) in [6.45, 7) is 3.00. The molecule has 80 valence electrons. The minimum absolute atomic E-state index is 0.0164. The van der Waals surface area contributed by atoms with E-state index in [1.165, 1.54) is 13.8 Å². The summed E-state index contributed by atoms with van der Waals surface area (Å²) in [5.74, 6) is -2.25. The van der Waals surface area contributed by atoms with E-state index in [-0.39, 0.29) is 13.2 Å². The molecular weight excluding hydrogens is 194 g/mol. The van der Waals surface area contributed by atoms with Crippen molar-refractivity contribution < 1.29 is 24.3 Å². The summed E-state index contributed by atoms with van der Waals surface area (Å²) in [6.07, 6.45) is 0. The fourth-order valence-electron chi connectivity index (χ4n) is 0.644. The van der Waals surface area contributed by atoms with Gasteiger partial charge in [-0.3, -0.25) is 10.1 Å². The zero-order valence-corrected chi connectivity index (χ0v) is 7.85. The molecule has 0 radical (unpaired) electrons. The molecule has 7 heteroatoms. The molecular formula is C7H11NO6. The maximum atomic E-state index is 10.9. The number of esters is 1. The number of aliphatic hydroxyl groups excluding tert-OH is 1. The SMILES string of the molecule is CCOC(=O)C(=C(O)OCC)[N+](=O)[O-]. The van der Waals surface area contributed by atoms with Crippen LogP contribution in [-0.4, -0.2) is 29.2 Å². The van der Waals surface area contributed by atoms with Crippen molar-refractivity contribution in [3.63, 3.8) is 0 Å². The van der Waals surface area contributed by atoms with E-state index in [9.17, 15) is 14.9 Å². The van der Waals surface area contributed by atoms with Gasteiger partial charge in [0.1, 0.15) is 0 Å². The summed E-state index contributed by atoms with van der Waals surface area (Å²) < 4.78 is 8.78. The van der Waals surface area contributed by atoms with E-state index in [0.29, 0.717) is 0 Å². The van der Waals surface area contributed by atoms with Gasteiger partial charge in [-0.2, -0.15) is 0 Å². The van der Waals surface area contributed by atoms with Crippen molar-refractivity contribution in [2.75, 3.05) is 13.2 Å². The van der Waals surface area contributed by atoms with E-state index in [1.807, 2.05) is 0 Å². The van der Waals surface area contributed by atoms with Gasteiger partial charge in [-0.1, -0.05) is 0 Å². The number of aliphatic hydroxyl groups is 1. The van der Waals surface area contributed by atoms with Crippen LogP contribution in [0.5, 0.6) is 0 Å². The molecule has 0 fully saturated rings. The zero-order valence-electron chi connectivity index (χ0n) is 7.85. The van der Waals surface area contributed by atoms with E-state index in [4.69, 9.17) is 5.11 Å². The van der Waals surface area contributed by atoms with Crippen molar-refractivity contribution in [2.45, 2.75) is 13.8 Å². The lowest BCUT2D eigenvalue weighted by atomic mass is 10.5. The fourth-order valence-corrected chi connectivity index (χ4v) is 0.644. The number of rotatable bonds is 5. The Morgan fingerprint density at radius 2 is 1.86 bits per heavy atom. The van der Waals surface area contributed by atoms with Gasteiger partial charge < -0.3 is 14.6 Å². The lowest BCUT2D eigenvalue weighted by Crippen LogP contribution is -2.18. The molecule has 0 spiro atoms. The predicted molar refractivity (Wildman–Crippen MR) is 44.9 cm³/mol. The van der Waals surface area contributed by atoms with Crippen LogP contribution in [0.2, 0.25) is 0 Å². The number of nitro groups is 1. The molecule has 0 amide bonds. The molecule has 0 aromatic rings. The number of carbonyl (C=O) groups excluding carboxylic acids is 1. The van der Waals surface area contributed by atoms with Gasteiger partial charge in [0.2, 0.25) is 0 Å². The molecule has 0 aromatic carbocycles. The Morgan fingerprint density at radius 1 is 1.36 bits per heavy atom. The van der Waals surface area contributed by atoms with Crippen LogP contribution >= 0.6 is 0 Å². The van der Waals surface area contributed by atoms with Crippen LogP contribution in [0.3, 0.4) is 0 Å². The summed E-state index contributed by atoms with van der Waals surface area (Å²) in [4.78, 5) is 20.2. The Morgan fingerprint density at radius 3 is 2.21 bits per heavy atom. The molecule has 1 N–H and O–H groups in total. The van der Waals surface area contributed by atoms with Crippen molar-refractivity contribution in [1.82, 2.24) is 0 Å². The van der Waals surface area contributed by atoms with E-state index >= 15 is 0 Å². The second-order valence-electron chi connectivity index (χ2n) is 2.06. The third-order valence-electron chi connectivity index (χ3n) is 1.13. The molecule has 0 aliphatic rings. The first-order chi connectivity index (χ1) is 6.54. The summed E-state index contributed by atoms with van der Waals surface area (Å²) in [5.41, 5.74) is -1.09. The molecule has 0 saturated heterocycles. The monoisotopic (exact) mass is 205 g/mol. The average molecular weight is 205 g/mol. The normalized spacial score (nSPS) is 11.6. The van der Waals surface area contributed by atoms with Crippen LogP contribution in [-0.2, 0) is 14.3 Å². The van der Waals surface area contributed by atoms with Crippen LogP contribution in [0.15, 0.2) is 11.6 Å². The number of hydrogen-bond acceptors (Lipinski definition) is 6. The van der Waals surface area contributed by atoms with Crippen molar-refractivity contribution in [1.29, 1.82) is 0 Å². The summed E-state index contributed by atoms with van der Waals surface area (Å²) in [6, 6.07) is 0. The second kappa shape index (κ2) is 5.79. The minimum Gasteiger partial charge on any atom is -0.476 e. The van der Waals surface area contributed by atoms with Crippen molar-refractivity contribution in [3.8, 4) is 0 Å². The molecule has 0 bridgehead atoms. The molecule has 0 heterocycles. The van der Waals surface area contributed by atoms with Crippen LogP contribution in [0.4, 0.5) is 0 Å². The standard InChI is InChI=1S/C7H11NO6/c1-3-13-6(9)5(8(11)12)7(10)14-4-2/h9H,3-4H2,1-2H3. The van der Waals surface area contributed by atoms with E-state index in [2.05, 4.69) is 9.47 Å². The molecule has 0 atom stereocenters. The lowest BCUT2D eigenvalue weighted by molar-refractivity contribution is -0.427. The summed E-state index contributed by atoms with van der Waals surface area (Å²) in [5, 5.41) is 19.3. The largest absolute Gasteiger partial charge is 0.476 e. The maximum absolute atomic E-state index is 10.9. The number of hydrogen-bond donors (Lipinski definition) is 1. The fraction of sp³-hybridized carbons (Fsp3) is 0.571. The Balaban J connectivity index is 4.83. The topological polar surface area (TPSA) is 98.9 Å². The molecule has 7 nitrogen and oxygen atoms in total. The number of ether oxygens (including phenoxy) is 2. The second-order valence-corrected chi connectivity index (χ2v) is 2.06. The zero-order chi connectivity index (χ0) is 11.1. The van der Waals surface area contributed by atoms with E-state index in [1.54, 1.807) is 0 Å². The molecule has 0 rings (SSSR count). The Hall–Kier alpha value is -1.79. The van der Waals surface area contributed by atoms with Crippen molar-refractivity contribution in [2.24, 2.45) is 0 Å². The third kappa shape index (κ3) is 3.30. The van der Waals surface area contributed by atoms with Crippen LogP contribution < -0.4 is 0 Å². The molecule has 0 unspecified atom stereocenters. The first-order valence-corrected chi connectivity index (χ1v) is 3.92. The molecule has 0 saturated carbocycles. The van der Waals surface area contributed by atoms with Crippen molar-refractivity contribution >= 4 is 5.97 Å². The van der Waals surface area contributed by atoms with Gasteiger partial charge in [0.15, 0.2) is 0 Å².